The van der Waals surface area contributed by atoms with Crippen LogP contribution < -0.4 is 15.8 Å². The lowest BCUT2D eigenvalue weighted by atomic mass is 10.2. The fourth-order valence-electron chi connectivity index (χ4n) is 1.34. The molecule has 0 atom stereocenters. The van der Waals surface area contributed by atoms with Crippen molar-refractivity contribution in [3.8, 4) is 5.88 Å². The number of hydrogen-bond acceptors (Lipinski definition) is 5. The molecule has 5 heteroatoms. The van der Waals surface area contributed by atoms with Gasteiger partial charge in [-0.15, -0.1) is 0 Å². The molecule has 0 unspecified atom stereocenters. The van der Waals surface area contributed by atoms with Crippen molar-refractivity contribution in [2.75, 3.05) is 37.9 Å². The summed E-state index contributed by atoms with van der Waals surface area (Å²) in [4.78, 5) is 4.34. The minimum absolute atomic E-state index is 0.449. The number of pyridine rings is 1. The summed E-state index contributed by atoms with van der Waals surface area (Å²) in [6, 6.07) is 3.66. The number of rotatable bonds is 8. The number of nitrogen functional groups attached to an aromatic ring is 1. The second-order valence-electron chi connectivity index (χ2n) is 4.57. The molecule has 3 N–H and O–H groups in total. The molecule has 18 heavy (non-hydrogen) atoms. The lowest BCUT2D eigenvalue weighted by molar-refractivity contribution is 0.197. The molecule has 0 aliphatic carbocycles. The van der Waals surface area contributed by atoms with E-state index in [1.54, 1.807) is 13.2 Å². The summed E-state index contributed by atoms with van der Waals surface area (Å²) in [7, 11) is 1.69. The highest BCUT2D eigenvalue weighted by Crippen LogP contribution is 2.21. The third-order valence-electron chi connectivity index (χ3n) is 2.27. The predicted octanol–water partition coefficient (Wildman–Crippen LogP) is 2.15. The summed E-state index contributed by atoms with van der Waals surface area (Å²) in [5, 5.41) is 3.21. The summed E-state index contributed by atoms with van der Waals surface area (Å²) in [5.41, 5.74) is 6.38. The Hall–Kier alpha value is -1.49. The van der Waals surface area contributed by atoms with Gasteiger partial charge in [0, 0.05) is 20.3 Å². The van der Waals surface area contributed by atoms with Crippen LogP contribution in [0.15, 0.2) is 12.1 Å². The average Bonchev–Trinajstić information content (AvgIpc) is 2.34. The first-order chi connectivity index (χ1) is 8.63. The van der Waals surface area contributed by atoms with Crippen molar-refractivity contribution in [1.29, 1.82) is 0 Å². The Morgan fingerprint density at radius 2 is 2.17 bits per heavy atom. The Balaban J connectivity index is 2.51. The molecule has 0 aliphatic rings. The molecule has 1 aromatic heterocycles. The van der Waals surface area contributed by atoms with E-state index in [0.717, 1.165) is 25.4 Å². The number of aromatic nitrogens is 1. The summed E-state index contributed by atoms with van der Waals surface area (Å²) in [5.74, 6) is 1.73. The zero-order valence-electron chi connectivity index (χ0n) is 11.4. The van der Waals surface area contributed by atoms with Crippen LogP contribution in [0.5, 0.6) is 5.88 Å². The maximum Gasteiger partial charge on any atom is 0.239 e. The zero-order valence-corrected chi connectivity index (χ0v) is 11.4. The maximum atomic E-state index is 5.82. The number of nitrogens with one attached hydrogen (secondary N) is 1. The molecule has 0 spiro atoms. The second-order valence-corrected chi connectivity index (χ2v) is 4.57. The number of anilines is 2. The van der Waals surface area contributed by atoms with Crippen molar-refractivity contribution in [3.05, 3.63) is 12.1 Å². The van der Waals surface area contributed by atoms with Gasteiger partial charge in [0.2, 0.25) is 5.88 Å². The van der Waals surface area contributed by atoms with E-state index in [-0.39, 0.29) is 0 Å². The van der Waals surface area contributed by atoms with Gasteiger partial charge in [-0.1, -0.05) is 13.8 Å². The van der Waals surface area contributed by atoms with Crippen molar-refractivity contribution in [3.63, 3.8) is 0 Å². The smallest absolute Gasteiger partial charge is 0.239 e. The maximum absolute atomic E-state index is 5.82. The fourth-order valence-corrected chi connectivity index (χ4v) is 1.34. The molecule has 0 aliphatic heterocycles. The average molecular weight is 253 g/mol. The van der Waals surface area contributed by atoms with Crippen LogP contribution in [0.2, 0.25) is 0 Å². The van der Waals surface area contributed by atoms with Crippen molar-refractivity contribution in [2.45, 2.75) is 20.3 Å². The third-order valence-corrected chi connectivity index (χ3v) is 2.27. The number of hydrogen-bond donors (Lipinski definition) is 2. The van der Waals surface area contributed by atoms with Crippen LogP contribution >= 0.6 is 0 Å². The van der Waals surface area contributed by atoms with Crippen LogP contribution in [0, 0.1) is 5.92 Å². The van der Waals surface area contributed by atoms with E-state index in [1.807, 2.05) is 6.07 Å². The molecular weight excluding hydrogens is 230 g/mol. The highest BCUT2D eigenvalue weighted by atomic mass is 16.5. The van der Waals surface area contributed by atoms with Crippen LogP contribution in [0.4, 0.5) is 11.5 Å². The minimum atomic E-state index is 0.449. The monoisotopic (exact) mass is 253 g/mol. The molecule has 1 heterocycles. The Bertz CT molecular complexity index is 356. The Kier molecular flexibility index (Phi) is 6.28. The summed E-state index contributed by atoms with van der Waals surface area (Å²) >= 11 is 0. The molecule has 0 saturated heterocycles. The van der Waals surface area contributed by atoms with E-state index in [0.29, 0.717) is 24.1 Å². The van der Waals surface area contributed by atoms with Gasteiger partial charge in [-0.3, -0.25) is 0 Å². The zero-order chi connectivity index (χ0) is 13.4. The molecular formula is C13H23N3O2. The van der Waals surface area contributed by atoms with Gasteiger partial charge in [0.15, 0.2) is 0 Å². The number of nitrogens with two attached hydrogens (primary N) is 1. The number of nitrogens with zero attached hydrogens (tertiary/aromatic N) is 1. The molecule has 1 rings (SSSR count). The van der Waals surface area contributed by atoms with Gasteiger partial charge in [-0.2, -0.15) is 4.98 Å². The number of methoxy groups -OCH3 is 1. The van der Waals surface area contributed by atoms with Crippen molar-refractivity contribution in [2.24, 2.45) is 5.92 Å². The minimum Gasteiger partial charge on any atom is -0.476 e. The Labute approximate surface area is 109 Å². The third kappa shape index (κ3) is 5.23. The van der Waals surface area contributed by atoms with E-state index in [9.17, 15) is 0 Å². The van der Waals surface area contributed by atoms with E-state index >= 15 is 0 Å². The van der Waals surface area contributed by atoms with Gasteiger partial charge in [0.05, 0.1) is 12.3 Å². The predicted molar refractivity (Wildman–Crippen MR) is 74.0 cm³/mol. The number of ether oxygens (including phenoxy) is 2. The Morgan fingerprint density at radius 3 is 2.83 bits per heavy atom. The lowest BCUT2D eigenvalue weighted by Crippen LogP contribution is -2.10. The van der Waals surface area contributed by atoms with Crippen molar-refractivity contribution in [1.82, 2.24) is 4.98 Å². The normalized spacial score (nSPS) is 10.7. The van der Waals surface area contributed by atoms with Gasteiger partial charge in [0.25, 0.3) is 0 Å². The van der Waals surface area contributed by atoms with Crippen LogP contribution in [-0.4, -0.2) is 31.9 Å². The summed E-state index contributed by atoms with van der Waals surface area (Å²) in [6.07, 6.45) is 0.935. The molecule has 0 fully saturated rings. The second kappa shape index (κ2) is 7.76. The first kappa shape index (κ1) is 14.6. The van der Waals surface area contributed by atoms with E-state index < -0.39 is 0 Å². The van der Waals surface area contributed by atoms with E-state index in [2.05, 4.69) is 24.1 Å². The summed E-state index contributed by atoms with van der Waals surface area (Å²) < 4.78 is 10.5. The molecule has 0 radical (unpaired) electrons. The largest absolute Gasteiger partial charge is 0.476 e. The fraction of sp³-hybridized carbons (Fsp3) is 0.615. The van der Waals surface area contributed by atoms with Gasteiger partial charge < -0.3 is 20.5 Å². The van der Waals surface area contributed by atoms with Crippen LogP contribution in [0.25, 0.3) is 0 Å². The molecule has 102 valence electrons. The highest BCUT2D eigenvalue weighted by Gasteiger charge is 2.05. The van der Waals surface area contributed by atoms with Gasteiger partial charge in [-0.05, 0) is 24.5 Å². The molecule has 0 amide bonds. The SMILES string of the molecule is COCCCNc1ccc(N)c(OCC(C)C)n1. The standard InChI is InChI=1S/C13H23N3O2/c1-10(2)9-18-13-11(14)5-6-12(16-13)15-7-4-8-17-3/h5-6,10H,4,7-9,14H2,1-3H3,(H,15,16). The van der Waals surface area contributed by atoms with Gasteiger partial charge in [-0.25, -0.2) is 0 Å². The molecule has 0 aromatic carbocycles. The van der Waals surface area contributed by atoms with Crippen molar-refractivity contribution >= 4 is 11.5 Å². The Morgan fingerprint density at radius 1 is 1.39 bits per heavy atom. The van der Waals surface area contributed by atoms with E-state index in [4.69, 9.17) is 15.2 Å². The molecule has 0 saturated carbocycles. The van der Waals surface area contributed by atoms with Crippen molar-refractivity contribution < 1.29 is 9.47 Å². The molecule has 5 nitrogen and oxygen atoms in total. The van der Waals surface area contributed by atoms with Gasteiger partial charge >= 0.3 is 0 Å². The molecule has 1 aromatic rings. The summed E-state index contributed by atoms with van der Waals surface area (Å²) in [6.45, 7) is 6.34. The van der Waals surface area contributed by atoms with E-state index in [1.165, 1.54) is 0 Å². The first-order valence-corrected chi connectivity index (χ1v) is 6.25. The topological polar surface area (TPSA) is 69.4 Å². The first-order valence-electron chi connectivity index (χ1n) is 6.25. The van der Waals surface area contributed by atoms with Gasteiger partial charge in [0.1, 0.15) is 5.82 Å². The molecule has 0 bridgehead atoms. The van der Waals surface area contributed by atoms with Crippen LogP contribution in [0.1, 0.15) is 20.3 Å². The van der Waals surface area contributed by atoms with Crippen LogP contribution in [-0.2, 0) is 4.74 Å². The quantitative estimate of drug-likeness (QED) is 0.695. The highest BCUT2D eigenvalue weighted by molar-refractivity contribution is 5.53. The lowest BCUT2D eigenvalue weighted by Gasteiger charge is -2.12. The van der Waals surface area contributed by atoms with Crippen LogP contribution in [0.3, 0.4) is 0 Å².